The number of hydrogen-bond donors (Lipinski definition) is 4. The number of carbonyl (C=O) groups excluding carboxylic acids is 7. The molecular weight excluding hydrogens is 630 g/mol. The third-order valence-electron chi connectivity index (χ3n) is 9.03. The van der Waals surface area contributed by atoms with Crippen molar-refractivity contribution >= 4 is 41.5 Å². The van der Waals surface area contributed by atoms with Crippen molar-refractivity contribution in [3.05, 3.63) is 12.7 Å². The van der Waals surface area contributed by atoms with E-state index in [1.54, 1.807) is 20.8 Å². The second kappa shape index (κ2) is 16.8. The highest BCUT2D eigenvalue weighted by atomic mass is 16.2. The summed E-state index contributed by atoms with van der Waals surface area (Å²) in [5.74, 6) is -1.04. The smallest absolute Gasteiger partial charge is 0.327 e. The Bertz CT molecular complexity index is 1340. The second-order valence-corrected chi connectivity index (χ2v) is 15.3. The number of urea groups is 2. The fourth-order valence-electron chi connectivity index (χ4n) is 5.97. The lowest BCUT2D eigenvalue weighted by atomic mass is 9.84. The monoisotopic (exact) mass is 685 g/mol. The van der Waals surface area contributed by atoms with Crippen LogP contribution in [0.4, 0.5) is 9.59 Å². The van der Waals surface area contributed by atoms with Crippen molar-refractivity contribution in [2.24, 2.45) is 22.7 Å². The molecule has 14 nitrogen and oxygen atoms in total. The van der Waals surface area contributed by atoms with Gasteiger partial charge in [0.15, 0.2) is 0 Å². The lowest BCUT2D eigenvalue weighted by Crippen LogP contribution is -2.62. The summed E-state index contributed by atoms with van der Waals surface area (Å²) >= 11 is 0. The van der Waals surface area contributed by atoms with Crippen LogP contribution in [0.3, 0.4) is 0 Å². The van der Waals surface area contributed by atoms with Gasteiger partial charge >= 0.3 is 12.1 Å². The third-order valence-corrected chi connectivity index (χ3v) is 9.03. The van der Waals surface area contributed by atoms with Crippen LogP contribution in [0.25, 0.3) is 0 Å². The SMILES string of the molecule is C#CCCC(NC(=O)[C@@H]1C(C(C)C)CCN1C(=O)[C@@H](NC(=O)NC(CN1C(=O)CN(C)C1=O)C(C)(C)C)C(C)(C)C)C(=O)C(=O)NCC=C. The van der Waals surface area contributed by atoms with Gasteiger partial charge in [-0.05, 0) is 35.5 Å². The van der Waals surface area contributed by atoms with Crippen molar-refractivity contribution in [3.8, 4) is 12.3 Å². The Morgan fingerprint density at radius 1 is 1.02 bits per heavy atom. The normalized spacial score (nSPS) is 20.0. The van der Waals surface area contributed by atoms with E-state index < -0.39 is 70.6 Å². The van der Waals surface area contributed by atoms with Gasteiger partial charge < -0.3 is 31.1 Å². The number of amides is 8. The zero-order valence-corrected chi connectivity index (χ0v) is 30.5. The van der Waals surface area contributed by atoms with Crippen LogP contribution in [-0.2, 0) is 24.0 Å². The molecule has 0 spiro atoms. The van der Waals surface area contributed by atoms with E-state index in [-0.39, 0.29) is 56.8 Å². The molecule has 0 bridgehead atoms. The molecule has 2 heterocycles. The van der Waals surface area contributed by atoms with E-state index in [0.717, 1.165) is 4.90 Å². The first kappa shape index (κ1) is 40.8. The summed E-state index contributed by atoms with van der Waals surface area (Å²) in [4.78, 5) is 96.2. The molecule has 2 aliphatic rings. The van der Waals surface area contributed by atoms with Gasteiger partial charge in [-0.15, -0.1) is 18.9 Å². The van der Waals surface area contributed by atoms with Crippen LogP contribution in [0.2, 0.25) is 0 Å². The van der Waals surface area contributed by atoms with E-state index in [1.165, 1.54) is 22.9 Å². The Kier molecular flexibility index (Phi) is 14.0. The predicted molar refractivity (Wildman–Crippen MR) is 185 cm³/mol. The summed E-state index contributed by atoms with van der Waals surface area (Å²) in [5.41, 5.74) is -1.38. The average molecular weight is 686 g/mol. The Balaban J connectivity index is 2.35. The van der Waals surface area contributed by atoms with Gasteiger partial charge in [0.25, 0.3) is 5.91 Å². The van der Waals surface area contributed by atoms with Gasteiger partial charge in [0, 0.05) is 26.6 Å². The molecule has 4 N–H and O–H groups in total. The molecule has 14 heteroatoms. The molecule has 2 fully saturated rings. The van der Waals surface area contributed by atoms with Crippen LogP contribution in [0.5, 0.6) is 0 Å². The maximum absolute atomic E-state index is 14.3. The summed E-state index contributed by atoms with van der Waals surface area (Å²) in [6.07, 6.45) is 7.51. The molecule has 0 aromatic rings. The molecule has 5 atom stereocenters. The summed E-state index contributed by atoms with van der Waals surface area (Å²) in [6.45, 7) is 18.6. The topological polar surface area (TPSA) is 177 Å². The summed E-state index contributed by atoms with van der Waals surface area (Å²) in [6, 6.07) is -5.05. The zero-order chi connectivity index (χ0) is 37.4. The van der Waals surface area contributed by atoms with Crippen molar-refractivity contribution in [1.82, 2.24) is 36.0 Å². The minimum atomic E-state index is -1.20. The minimum absolute atomic E-state index is 0.0174. The third kappa shape index (κ3) is 10.5. The van der Waals surface area contributed by atoms with Crippen molar-refractivity contribution in [2.45, 2.75) is 98.8 Å². The number of rotatable bonds is 14. The fourth-order valence-corrected chi connectivity index (χ4v) is 5.97. The van der Waals surface area contributed by atoms with Crippen LogP contribution in [0, 0.1) is 35.0 Å². The summed E-state index contributed by atoms with van der Waals surface area (Å²) in [5, 5.41) is 10.8. The Morgan fingerprint density at radius 3 is 2.14 bits per heavy atom. The highest BCUT2D eigenvalue weighted by molar-refractivity contribution is 6.38. The first-order chi connectivity index (χ1) is 22.6. The number of ketones is 1. The first-order valence-corrected chi connectivity index (χ1v) is 16.7. The fraction of sp³-hybridized carbons (Fsp3) is 0.686. The highest BCUT2D eigenvalue weighted by Crippen LogP contribution is 2.33. The number of terminal acetylenes is 1. The van der Waals surface area contributed by atoms with Gasteiger partial charge in [-0.1, -0.05) is 61.5 Å². The van der Waals surface area contributed by atoms with Crippen LogP contribution in [0.15, 0.2) is 12.7 Å². The van der Waals surface area contributed by atoms with Crippen molar-refractivity contribution in [2.75, 3.05) is 33.2 Å². The minimum Gasteiger partial charge on any atom is -0.346 e. The molecule has 3 unspecified atom stereocenters. The molecular formula is C35H55N7O7. The van der Waals surface area contributed by atoms with Crippen LogP contribution in [-0.4, -0.2) is 114 Å². The molecule has 0 aromatic heterocycles. The number of likely N-dealkylation sites (N-methyl/N-ethyl adjacent to an activating group) is 1. The molecule has 2 rings (SSSR count). The number of hydrogen-bond acceptors (Lipinski definition) is 7. The summed E-state index contributed by atoms with van der Waals surface area (Å²) in [7, 11) is 1.53. The molecule has 0 aliphatic carbocycles. The van der Waals surface area contributed by atoms with Crippen LogP contribution in [0.1, 0.15) is 74.7 Å². The largest absolute Gasteiger partial charge is 0.346 e. The van der Waals surface area contributed by atoms with Crippen LogP contribution < -0.4 is 21.3 Å². The van der Waals surface area contributed by atoms with Gasteiger partial charge in [0.1, 0.15) is 18.6 Å². The van der Waals surface area contributed by atoms with E-state index in [4.69, 9.17) is 6.42 Å². The molecule has 49 heavy (non-hydrogen) atoms. The molecule has 0 saturated carbocycles. The van der Waals surface area contributed by atoms with Gasteiger partial charge in [0.2, 0.25) is 23.5 Å². The van der Waals surface area contributed by atoms with E-state index in [0.29, 0.717) is 6.42 Å². The van der Waals surface area contributed by atoms with E-state index in [9.17, 15) is 33.6 Å². The molecule has 2 aliphatic heterocycles. The molecule has 0 aromatic carbocycles. The van der Waals surface area contributed by atoms with E-state index >= 15 is 0 Å². The van der Waals surface area contributed by atoms with Crippen molar-refractivity contribution in [1.29, 1.82) is 0 Å². The Hall–Kier alpha value is -4.41. The number of nitrogens with zero attached hydrogens (tertiary/aromatic N) is 3. The maximum Gasteiger partial charge on any atom is 0.327 e. The summed E-state index contributed by atoms with van der Waals surface area (Å²) < 4.78 is 0. The standard InChI is InChI=1S/C35H55N7O7/c1-12-14-15-23(27(44)30(46)36-17-13-2)37-29(45)26-22(21(3)4)16-18-41(26)31(47)28(35(8,9)10)39-32(48)38-24(34(5,6)7)19-42-25(43)20-40(11)33(42)49/h1,13,21-24,26,28H,2,14-20H2,3-11H3,(H,36,46)(H,37,45)(H2,38,39,48)/t22?,23?,24?,26-,28+/m0/s1. The lowest BCUT2D eigenvalue weighted by molar-refractivity contribution is -0.144. The molecule has 8 amide bonds. The lowest BCUT2D eigenvalue weighted by Gasteiger charge is -2.38. The number of likely N-dealkylation sites (tertiary alicyclic amines) is 1. The Labute approximate surface area is 290 Å². The van der Waals surface area contributed by atoms with Crippen LogP contribution >= 0.6 is 0 Å². The second-order valence-electron chi connectivity index (χ2n) is 15.3. The maximum atomic E-state index is 14.3. The first-order valence-electron chi connectivity index (χ1n) is 16.7. The van der Waals surface area contributed by atoms with Crippen molar-refractivity contribution < 1.29 is 33.6 Å². The van der Waals surface area contributed by atoms with E-state index in [2.05, 4.69) is 33.8 Å². The number of carbonyl (C=O) groups is 7. The number of nitrogens with one attached hydrogen (secondary N) is 4. The highest BCUT2D eigenvalue weighted by Gasteiger charge is 2.48. The van der Waals surface area contributed by atoms with Crippen molar-refractivity contribution in [3.63, 3.8) is 0 Å². The van der Waals surface area contributed by atoms with E-state index in [1.807, 2.05) is 34.6 Å². The quantitative estimate of drug-likeness (QED) is 0.0930. The van der Waals surface area contributed by atoms with Gasteiger partial charge in [0.05, 0.1) is 18.6 Å². The van der Waals surface area contributed by atoms with Gasteiger partial charge in [-0.25, -0.2) is 9.59 Å². The average Bonchev–Trinajstić information content (AvgIpc) is 3.55. The molecule has 2 saturated heterocycles. The predicted octanol–water partition coefficient (Wildman–Crippen LogP) is 1.65. The molecule has 0 radical (unpaired) electrons. The number of imide groups is 1. The molecule has 272 valence electrons. The van der Waals surface area contributed by atoms with Gasteiger partial charge in [-0.2, -0.15) is 0 Å². The number of Topliss-reactive ketones (excluding diaryl/α,β-unsaturated/α-hetero) is 1. The van der Waals surface area contributed by atoms with Gasteiger partial charge in [-0.3, -0.25) is 28.9 Å². The zero-order valence-electron chi connectivity index (χ0n) is 30.5. The Morgan fingerprint density at radius 2 is 1.65 bits per heavy atom.